The Hall–Kier alpha value is -0.870. The third-order valence-electron chi connectivity index (χ3n) is 3.79. The van der Waals surface area contributed by atoms with Crippen LogP contribution in [0.5, 0.6) is 0 Å². The summed E-state index contributed by atoms with van der Waals surface area (Å²) in [6, 6.07) is 0.586. The molecule has 2 aliphatic rings. The van der Waals surface area contributed by atoms with Gasteiger partial charge in [0.1, 0.15) is 0 Å². The number of likely N-dealkylation sites (tertiary alicyclic amines) is 1. The smallest absolute Gasteiger partial charge is 0.0650 e. The molecule has 1 unspecified atom stereocenters. The first-order valence-corrected chi connectivity index (χ1v) is 6.29. The van der Waals surface area contributed by atoms with Gasteiger partial charge in [0.25, 0.3) is 0 Å². The van der Waals surface area contributed by atoms with E-state index in [1.54, 1.807) is 0 Å². The second-order valence-electron chi connectivity index (χ2n) is 5.05. The lowest BCUT2D eigenvalue weighted by atomic mass is 10.0. The van der Waals surface area contributed by atoms with Gasteiger partial charge in [0.05, 0.1) is 17.9 Å². The summed E-state index contributed by atoms with van der Waals surface area (Å²) in [6.07, 6.45) is 5.78. The van der Waals surface area contributed by atoms with Crippen LogP contribution < -0.4 is 5.32 Å². The molecule has 1 aromatic rings. The van der Waals surface area contributed by atoms with Gasteiger partial charge in [-0.15, -0.1) is 0 Å². The Kier molecular flexibility index (Phi) is 2.69. The monoisotopic (exact) mass is 220 g/mol. The summed E-state index contributed by atoms with van der Waals surface area (Å²) < 4.78 is 2.27. The fraction of sp³-hybridized carbons (Fsp3) is 0.750. The summed E-state index contributed by atoms with van der Waals surface area (Å²) in [5, 5.41) is 8.05. The lowest BCUT2D eigenvalue weighted by Gasteiger charge is -2.31. The molecule has 88 valence electrons. The third kappa shape index (κ3) is 1.76. The van der Waals surface area contributed by atoms with Crippen molar-refractivity contribution in [2.75, 3.05) is 26.7 Å². The summed E-state index contributed by atoms with van der Waals surface area (Å²) in [5.41, 5.74) is 2.87. The molecule has 1 N–H and O–H groups in total. The minimum Gasteiger partial charge on any atom is -0.311 e. The first-order valence-electron chi connectivity index (χ1n) is 6.29. The molecule has 3 heterocycles. The summed E-state index contributed by atoms with van der Waals surface area (Å²) in [4.78, 5) is 2.42. The Labute approximate surface area is 96.6 Å². The van der Waals surface area contributed by atoms with Gasteiger partial charge in [-0.05, 0) is 45.0 Å². The van der Waals surface area contributed by atoms with Crippen molar-refractivity contribution in [3.63, 3.8) is 0 Å². The lowest BCUT2D eigenvalue weighted by molar-refractivity contribution is 0.199. The molecule has 0 amide bonds. The van der Waals surface area contributed by atoms with Crippen LogP contribution in [0.15, 0.2) is 6.20 Å². The van der Waals surface area contributed by atoms with Crippen molar-refractivity contribution in [3.05, 3.63) is 17.5 Å². The minimum absolute atomic E-state index is 0.586. The second-order valence-corrected chi connectivity index (χ2v) is 5.05. The van der Waals surface area contributed by atoms with E-state index < -0.39 is 0 Å². The molecule has 3 rings (SSSR count). The zero-order chi connectivity index (χ0) is 11.0. The molecule has 4 heteroatoms. The largest absolute Gasteiger partial charge is 0.311 e. The van der Waals surface area contributed by atoms with Gasteiger partial charge in [0.2, 0.25) is 0 Å². The number of fused-ring (bicyclic) bond motifs is 1. The van der Waals surface area contributed by atoms with Crippen LogP contribution in [0.2, 0.25) is 0 Å². The van der Waals surface area contributed by atoms with Crippen molar-refractivity contribution < 1.29 is 0 Å². The maximum Gasteiger partial charge on any atom is 0.0650 e. The number of hydrogen-bond acceptors (Lipinski definition) is 3. The lowest BCUT2D eigenvalue weighted by Crippen LogP contribution is -2.36. The molecule has 0 aromatic carbocycles. The first-order chi connectivity index (χ1) is 7.84. The quantitative estimate of drug-likeness (QED) is 0.760. The molecule has 0 spiro atoms. The highest BCUT2D eigenvalue weighted by Crippen LogP contribution is 2.24. The molecule has 2 aliphatic heterocycles. The molecule has 1 aromatic heterocycles. The van der Waals surface area contributed by atoms with Crippen LogP contribution in [0.25, 0.3) is 0 Å². The molecule has 1 saturated heterocycles. The first kappa shape index (κ1) is 10.3. The van der Waals surface area contributed by atoms with Gasteiger partial charge in [-0.1, -0.05) is 0 Å². The summed E-state index contributed by atoms with van der Waals surface area (Å²) >= 11 is 0. The molecular formula is C12H20N4. The number of likely N-dealkylation sites (N-methyl/N-ethyl adjacent to an activating group) is 1. The highest BCUT2D eigenvalue weighted by atomic mass is 15.3. The van der Waals surface area contributed by atoms with Crippen LogP contribution in [0, 0.1) is 0 Å². The van der Waals surface area contributed by atoms with E-state index >= 15 is 0 Å². The van der Waals surface area contributed by atoms with Crippen LogP contribution in [-0.2, 0) is 13.0 Å². The van der Waals surface area contributed by atoms with E-state index in [1.165, 1.54) is 30.6 Å². The number of rotatable bonds is 1. The topological polar surface area (TPSA) is 33.1 Å². The van der Waals surface area contributed by atoms with Gasteiger partial charge in [-0.2, -0.15) is 5.10 Å². The number of aromatic nitrogens is 2. The van der Waals surface area contributed by atoms with Crippen molar-refractivity contribution in [2.24, 2.45) is 0 Å². The average Bonchev–Trinajstić information content (AvgIpc) is 2.72. The number of piperidine rings is 1. The normalized spacial score (nSPS) is 26.7. The maximum absolute atomic E-state index is 4.61. The van der Waals surface area contributed by atoms with E-state index in [9.17, 15) is 0 Å². The highest BCUT2D eigenvalue weighted by Gasteiger charge is 2.23. The number of nitrogens with one attached hydrogen (secondary N) is 1. The molecule has 1 atom stereocenters. The maximum atomic E-state index is 4.61. The summed E-state index contributed by atoms with van der Waals surface area (Å²) in [6.45, 7) is 4.48. The molecule has 0 radical (unpaired) electrons. The highest BCUT2D eigenvalue weighted by molar-refractivity contribution is 5.21. The van der Waals surface area contributed by atoms with Gasteiger partial charge >= 0.3 is 0 Å². The van der Waals surface area contributed by atoms with Crippen molar-refractivity contribution in [1.82, 2.24) is 20.0 Å². The van der Waals surface area contributed by atoms with Gasteiger partial charge in [0, 0.05) is 13.1 Å². The zero-order valence-electron chi connectivity index (χ0n) is 9.95. The summed E-state index contributed by atoms with van der Waals surface area (Å²) in [7, 11) is 2.21. The van der Waals surface area contributed by atoms with E-state index in [-0.39, 0.29) is 0 Å². The van der Waals surface area contributed by atoms with Crippen molar-refractivity contribution in [2.45, 2.75) is 31.8 Å². The second kappa shape index (κ2) is 4.18. The van der Waals surface area contributed by atoms with E-state index in [1.807, 2.05) is 0 Å². The SMILES string of the molecule is CN1CCCC(n2ncc3c2CNCC3)C1. The predicted molar refractivity (Wildman–Crippen MR) is 63.4 cm³/mol. The molecule has 4 nitrogen and oxygen atoms in total. The van der Waals surface area contributed by atoms with Crippen molar-refractivity contribution >= 4 is 0 Å². The van der Waals surface area contributed by atoms with Crippen LogP contribution in [0.3, 0.4) is 0 Å². The fourth-order valence-corrected chi connectivity index (χ4v) is 2.91. The fourth-order valence-electron chi connectivity index (χ4n) is 2.91. The van der Waals surface area contributed by atoms with Crippen LogP contribution in [0.4, 0.5) is 0 Å². The van der Waals surface area contributed by atoms with Crippen molar-refractivity contribution in [3.8, 4) is 0 Å². The average molecular weight is 220 g/mol. The van der Waals surface area contributed by atoms with Gasteiger partial charge < -0.3 is 10.2 Å². The van der Waals surface area contributed by atoms with E-state index in [0.29, 0.717) is 6.04 Å². The third-order valence-corrected chi connectivity index (χ3v) is 3.79. The molecule has 0 bridgehead atoms. The molecule has 0 saturated carbocycles. The number of hydrogen-bond donors (Lipinski definition) is 1. The Morgan fingerprint density at radius 2 is 2.44 bits per heavy atom. The number of nitrogens with zero attached hydrogens (tertiary/aromatic N) is 3. The van der Waals surface area contributed by atoms with Crippen LogP contribution in [0.1, 0.15) is 30.1 Å². The van der Waals surface area contributed by atoms with Gasteiger partial charge in [-0.3, -0.25) is 4.68 Å². The summed E-state index contributed by atoms with van der Waals surface area (Å²) in [5.74, 6) is 0. The van der Waals surface area contributed by atoms with E-state index in [4.69, 9.17) is 0 Å². The predicted octanol–water partition coefficient (Wildman–Crippen LogP) is 0.795. The molecule has 16 heavy (non-hydrogen) atoms. The van der Waals surface area contributed by atoms with Crippen LogP contribution >= 0.6 is 0 Å². The Morgan fingerprint density at radius 1 is 1.50 bits per heavy atom. The standard InChI is InChI=1S/C12H20N4/c1-15-6-2-3-11(9-15)16-12-8-13-5-4-10(12)7-14-16/h7,11,13H,2-6,8-9H2,1H3. The van der Waals surface area contributed by atoms with Gasteiger partial charge in [0.15, 0.2) is 0 Å². The zero-order valence-corrected chi connectivity index (χ0v) is 9.95. The van der Waals surface area contributed by atoms with E-state index in [2.05, 4.69) is 33.2 Å². The van der Waals surface area contributed by atoms with Crippen LogP contribution in [-0.4, -0.2) is 41.4 Å². The molecule has 0 aliphatic carbocycles. The Bertz CT molecular complexity index is 371. The molecule has 1 fully saturated rings. The molecular weight excluding hydrogens is 200 g/mol. The van der Waals surface area contributed by atoms with Gasteiger partial charge in [-0.25, -0.2) is 0 Å². The minimum atomic E-state index is 0.586. The Balaban J connectivity index is 1.85. The van der Waals surface area contributed by atoms with E-state index in [0.717, 1.165) is 26.1 Å². The Morgan fingerprint density at radius 3 is 3.31 bits per heavy atom. The van der Waals surface area contributed by atoms with Crippen molar-refractivity contribution in [1.29, 1.82) is 0 Å².